The smallest absolute Gasteiger partial charge is 0.161 e. The average molecular weight is 261 g/mol. The molecule has 0 aliphatic carbocycles. The molecule has 0 fully saturated rings. The second-order valence-corrected chi connectivity index (χ2v) is 4.46. The number of aliphatic hydroxyl groups excluding tert-OH is 1. The lowest BCUT2D eigenvalue weighted by atomic mass is 10.1. The quantitative estimate of drug-likeness (QED) is 0.584. The lowest BCUT2D eigenvalue weighted by Gasteiger charge is -2.09. The van der Waals surface area contributed by atoms with E-state index in [0.717, 1.165) is 18.9 Å². The Hall–Kier alpha value is -1.07. The van der Waals surface area contributed by atoms with E-state index in [1.165, 1.54) is 0 Å². The lowest BCUT2D eigenvalue weighted by Crippen LogP contribution is -2.17. The molecule has 2 N–H and O–H groups in total. The van der Waals surface area contributed by atoms with Crippen molar-refractivity contribution in [1.82, 2.24) is 5.32 Å². The first-order chi connectivity index (χ1) is 8.54. The normalized spacial score (nSPS) is 12.7. The first-order valence-corrected chi connectivity index (χ1v) is 5.99. The van der Waals surface area contributed by atoms with Crippen LogP contribution in [0, 0.1) is 23.4 Å². The molecule has 1 aromatic carbocycles. The molecule has 0 bridgehead atoms. The van der Waals surface area contributed by atoms with Crippen LogP contribution in [0.1, 0.15) is 25.3 Å². The molecule has 2 nitrogen and oxygen atoms in total. The maximum atomic E-state index is 13.2. The van der Waals surface area contributed by atoms with E-state index in [-0.39, 0.29) is 24.6 Å². The fourth-order valence-corrected chi connectivity index (χ4v) is 1.59. The zero-order valence-corrected chi connectivity index (χ0v) is 10.3. The highest BCUT2D eigenvalue weighted by atomic mass is 19.2. The van der Waals surface area contributed by atoms with Gasteiger partial charge in [-0.2, -0.15) is 0 Å². The van der Waals surface area contributed by atoms with E-state index in [9.17, 15) is 13.2 Å². The number of aliphatic hydroxyl groups is 1. The molecule has 0 amide bonds. The first-order valence-electron chi connectivity index (χ1n) is 5.99. The van der Waals surface area contributed by atoms with Crippen molar-refractivity contribution in [2.24, 2.45) is 5.92 Å². The Labute approximate surface area is 105 Å². The molecule has 0 aromatic heterocycles. The van der Waals surface area contributed by atoms with Crippen LogP contribution in [-0.4, -0.2) is 18.3 Å². The second kappa shape index (κ2) is 7.38. The molecule has 1 unspecified atom stereocenters. The van der Waals surface area contributed by atoms with E-state index in [4.69, 9.17) is 5.11 Å². The predicted octanol–water partition coefficient (Wildman–Crippen LogP) is 2.60. The third kappa shape index (κ3) is 4.66. The maximum Gasteiger partial charge on any atom is 0.161 e. The van der Waals surface area contributed by atoms with Crippen molar-refractivity contribution in [3.63, 3.8) is 0 Å². The number of benzene rings is 1. The van der Waals surface area contributed by atoms with Gasteiger partial charge < -0.3 is 10.4 Å². The van der Waals surface area contributed by atoms with Crippen LogP contribution < -0.4 is 5.32 Å². The lowest BCUT2D eigenvalue weighted by molar-refractivity contribution is 0.228. The molecule has 0 aliphatic heterocycles. The van der Waals surface area contributed by atoms with Crippen molar-refractivity contribution in [1.29, 1.82) is 0 Å². The number of nitrogens with one attached hydrogen (secondary N) is 1. The van der Waals surface area contributed by atoms with Gasteiger partial charge in [-0.05, 0) is 31.4 Å². The molecule has 5 heteroatoms. The van der Waals surface area contributed by atoms with E-state index < -0.39 is 17.5 Å². The van der Waals surface area contributed by atoms with Crippen LogP contribution in [0.3, 0.4) is 0 Å². The van der Waals surface area contributed by atoms with Crippen LogP contribution in [0.5, 0.6) is 0 Å². The van der Waals surface area contributed by atoms with Crippen LogP contribution in [0.15, 0.2) is 12.1 Å². The SMILES string of the molecule is CC(CO)CCCNCc1cc(F)c(F)cc1F. The summed E-state index contributed by atoms with van der Waals surface area (Å²) in [5.41, 5.74) is 0.115. The van der Waals surface area contributed by atoms with Crippen LogP contribution in [0.4, 0.5) is 13.2 Å². The summed E-state index contributed by atoms with van der Waals surface area (Å²) in [5, 5.41) is 11.8. The standard InChI is InChI=1S/C13H18F3NO/c1-9(8-18)3-2-4-17-7-10-5-12(15)13(16)6-11(10)14/h5-6,9,17-18H,2-4,7-8H2,1H3. The molecule has 102 valence electrons. The minimum absolute atomic E-state index is 0.115. The Morgan fingerprint density at radius 2 is 1.83 bits per heavy atom. The van der Waals surface area contributed by atoms with Gasteiger partial charge in [0.15, 0.2) is 11.6 Å². The van der Waals surface area contributed by atoms with Gasteiger partial charge in [-0.3, -0.25) is 0 Å². The molecule has 18 heavy (non-hydrogen) atoms. The topological polar surface area (TPSA) is 32.3 Å². The molecule has 0 spiro atoms. The summed E-state index contributed by atoms with van der Waals surface area (Å²) in [7, 11) is 0. The van der Waals surface area contributed by atoms with Crippen molar-refractivity contribution in [3.05, 3.63) is 35.1 Å². The van der Waals surface area contributed by atoms with Crippen LogP contribution in [0.2, 0.25) is 0 Å². The summed E-state index contributed by atoms with van der Waals surface area (Å²) < 4.78 is 38.8. The Balaban J connectivity index is 2.33. The highest BCUT2D eigenvalue weighted by Gasteiger charge is 2.09. The van der Waals surface area contributed by atoms with Crippen molar-refractivity contribution in [3.8, 4) is 0 Å². The van der Waals surface area contributed by atoms with Crippen molar-refractivity contribution in [2.45, 2.75) is 26.3 Å². The van der Waals surface area contributed by atoms with Gasteiger partial charge in [-0.25, -0.2) is 13.2 Å². The number of hydrogen-bond donors (Lipinski definition) is 2. The van der Waals surface area contributed by atoms with Gasteiger partial charge in [0, 0.05) is 24.8 Å². The summed E-state index contributed by atoms with van der Waals surface area (Å²) in [6.45, 7) is 2.89. The zero-order chi connectivity index (χ0) is 13.5. The van der Waals surface area contributed by atoms with Crippen molar-refractivity contribution < 1.29 is 18.3 Å². The number of halogens is 3. The minimum atomic E-state index is -1.17. The van der Waals surface area contributed by atoms with E-state index in [2.05, 4.69) is 5.32 Å². The van der Waals surface area contributed by atoms with Crippen LogP contribution in [-0.2, 0) is 6.54 Å². The molecular formula is C13H18F3NO. The molecule has 0 radical (unpaired) electrons. The van der Waals surface area contributed by atoms with E-state index in [1.807, 2.05) is 6.92 Å². The van der Waals surface area contributed by atoms with Gasteiger partial charge >= 0.3 is 0 Å². The van der Waals surface area contributed by atoms with Gasteiger partial charge in [0.2, 0.25) is 0 Å². The largest absolute Gasteiger partial charge is 0.396 e. The summed E-state index contributed by atoms with van der Waals surface area (Å²) in [6, 6.07) is 1.42. The van der Waals surface area contributed by atoms with E-state index in [1.54, 1.807) is 0 Å². The van der Waals surface area contributed by atoms with Gasteiger partial charge in [-0.1, -0.05) is 6.92 Å². The maximum absolute atomic E-state index is 13.2. The Morgan fingerprint density at radius 1 is 1.17 bits per heavy atom. The van der Waals surface area contributed by atoms with Crippen molar-refractivity contribution in [2.75, 3.05) is 13.2 Å². The number of hydrogen-bond acceptors (Lipinski definition) is 2. The third-order valence-electron chi connectivity index (χ3n) is 2.77. The molecule has 0 aliphatic rings. The van der Waals surface area contributed by atoms with Gasteiger partial charge in [0.25, 0.3) is 0 Å². The number of rotatable bonds is 7. The summed E-state index contributed by atoms with van der Waals surface area (Å²) in [4.78, 5) is 0. The van der Waals surface area contributed by atoms with Crippen LogP contribution >= 0.6 is 0 Å². The van der Waals surface area contributed by atoms with Crippen LogP contribution in [0.25, 0.3) is 0 Å². The van der Waals surface area contributed by atoms with E-state index >= 15 is 0 Å². The molecule has 0 saturated heterocycles. The zero-order valence-electron chi connectivity index (χ0n) is 10.3. The minimum Gasteiger partial charge on any atom is -0.396 e. The summed E-state index contributed by atoms with van der Waals surface area (Å²) in [5.74, 6) is -2.72. The van der Waals surface area contributed by atoms with E-state index in [0.29, 0.717) is 12.6 Å². The summed E-state index contributed by atoms with van der Waals surface area (Å²) >= 11 is 0. The molecule has 1 atom stereocenters. The van der Waals surface area contributed by atoms with Gasteiger partial charge in [0.1, 0.15) is 5.82 Å². The summed E-state index contributed by atoms with van der Waals surface area (Å²) in [6.07, 6.45) is 1.71. The Kier molecular flexibility index (Phi) is 6.15. The Bertz CT molecular complexity index is 385. The first kappa shape index (κ1) is 15.0. The highest BCUT2D eigenvalue weighted by Crippen LogP contribution is 2.13. The van der Waals surface area contributed by atoms with Gasteiger partial charge in [-0.15, -0.1) is 0 Å². The highest BCUT2D eigenvalue weighted by molar-refractivity contribution is 5.19. The predicted molar refractivity (Wildman–Crippen MR) is 63.5 cm³/mol. The molecule has 1 aromatic rings. The molecule has 1 rings (SSSR count). The molecule has 0 saturated carbocycles. The second-order valence-electron chi connectivity index (χ2n) is 4.46. The molecule has 0 heterocycles. The van der Waals surface area contributed by atoms with Gasteiger partial charge in [0.05, 0.1) is 0 Å². The molecular weight excluding hydrogens is 243 g/mol. The average Bonchev–Trinajstić information content (AvgIpc) is 2.34. The third-order valence-corrected chi connectivity index (χ3v) is 2.77. The fraction of sp³-hybridized carbons (Fsp3) is 0.538. The van der Waals surface area contributed by atoms with Crippen molar-refractivity contribution >= 4 is 0 Å². The Morgan fingerprint density at radius 3 is 2.50 bits per heavy atom. The fourth-order valence-electron chi connectivity index (χ4n) is 1.59. The monoisotopic (exact) mass is 261 g/mol.